The second-order valence-corrected chi connectivity index (χ2v) is 6.79. The van der Waals surface area contributed by atoms with Gasteiger partial charge in [0.1, 0.15) is 0 Å². The molecule has 3 rings (SSSR count). The minimum Gasteiger partial charge on any atom is -0.387 e. The molecule has 6 heteroatoms. The average Bonchev–Trinajstić information content (AvgIpc) is 3.20. The fraction of sp³-hybridized carbons (Fsp3) is 0.647. The van der Waals surface area contributed by atoms with Crippen LogP contribution in [0.4, 0.5) is 5.69 Å². The fourth-order valence-corrected chi connectivity index (χ4v) is 3.75. The second kappa shape index (κ2) is 7.38. The number of nitro groups is 1. The SMILES string of the molecule is O=[N+]([O-])c1cccc(C(O)CN2CCC(CN3CCCC3)C2)c1. The molecule has 2 unspecified atom stereocenters. The number of β-amino-alcohol motifs (C(OH)–C–C–N with tert-alkyl or cyclic N) is 1. The van der Waals surface area contributed by atoms with Gasteiger partial charge in [0.15, 0.2) is 0 Å². The molecule has 0 radical (unpaired) electrons. The highest BCUT2D eigenvalue weighted by Crippen LogP contribution is 2.24. The van der Waals surface area contributed by atoms with Crippen LogP contribution in [0.25, 0.3) is 0 Å². The number of rotatable bonds is 6. The van der Waals surface area contributed by atoms with Gasteiger partial charge in [-0.25, -0.2) is 0 Å². The minimum absolute atomic E-state index is 0.0369. The molecule has 0 amide bonds. The highest BCUT2D eigenvalue weighted by atomic mass is 16.6. The van der Waals surface area contributed by atoms with E-state index in [-0.39, 0.29) is 5.69 Å². The van der Waals surface area contributed by atoms with E-state index in [1.165, 1.54) is 51.0 Å². The molecule has 0 saturated carbocycles. The zero-order chi connectivity index (χ0) is 16.2. The summed E-state index contributed by atoms with van der Waals surface area (Å²) < 4.78 is 0. The lowest BCUT2D eigenvalue weighted by atomic mass is 10.1. The zero-order valence-electron chi connectivity index (χ0n) is 13.4. The maximum Gasteiger partial charge on any atom is 0.269 e. The van der Waals surface area contributed by atoms with Crippen molar-refractivity contribution in [1.82, 2.24) is 9.80 Å². The summed E-state index contributed by atoms with van der Waals surface area (Å²) >= 11 is 0. The Morgan fingerprint density at radius 2 is 2.04 bits per heavy atom. The Morgan fingerprint density at radius 3 is 2.78 bits per heavy atom. The number of nitro benzene ring substituents is 1. The third-order valence-electron chi connectivity index (χ3n) is 4.98. The van der Waals surface area contributed by atoms with Crippen LogP contribution >= 0.6 is 0 Å². The van der Waals surface area contributed by atoms with Crippen molar-refractivity contribution in [2.24, 2.45) is 5.92 Å². The largest absolute Gasteiger partial charge is 0.387 e. The van der Waals surface area contributed by atoms with Crippen molar-refractivity contribution in [3.8, 4) is 0 Å². The summed E-state index contributed by atoms with van der Waals surface area (Å²) in [4.78, 5) is 15.2. The third kappa shape index (κ3) is 4.28. The molecule has 0 bridgehead atoms. The van der Waals surface area contributed by atoms with Gasteiger partial charge in [0.2, 0.25) is 0 Å². The monoisotopic (exact) mass is 319 g/mol. The van der Waals surface area contributed by atoms with Gasteiger partial charge in [0.25, 0.3) is 5.69 Å². The van der Waals surface area contributed by atoms with Crippen molar-refractivity contribution in [3.05, 3.63) is 39.9 Å². The van der Waals surface area contributed by atoms with Crippen LogP contribution in [-0.2, 0) is 0 Å². The van der Waals surface area contributed by atoms with E-state index in [1.54, 1.807) is 12.1 Å². The molecule has 0 spiro atoms. The van der Waals surface area contributed by atoms with E-state index >= 15 is 0 Å². The Morgan fingerprint density at radius 1 is 1.26 bits per heavy atom. The van der Waals surface area contributed by atoms with E-state index in [1.807, 2.05) is 0 Å². The molecule has 2 saturated heterocycles. The van der Waals surface area contributed by atoms with Crippen LogP contribution < -0.4 is 0 Å². The Balaban J connectivity index is 1.51. The fourth-order valence-electron chi connectivity index (χ4n) is 3.75. The lowest BCUT2D eigenvalue weighted by Crippen LogP contribution is -2.30. The number of benzene rings is 1. The predicted octanol–water partition coefficient (Wildman–Crippen LogP) is 2.05. The summed E-state index contributed by atoms with van der Waals surface area (Å²) in [6, 6.07) is 6.33. The first-order chi connectivity index (χ1) is 11.1. The molecule has 2 atom stereocenters. The number of likely N-dealkylation sites (tertiary alicyclic amines) is 2. The van der Waals surface area contributed by atoms with Gasteiger partial charge >= 0.3 is 0 Å². The van der Waals surface area contributed by atoms with Crippen molar-refractivity contribution < 1.29 is 10.0 Å². The van der Waals surface area contributed by atoms with Crippen molar-refractivity contribution in [2.75, 3.05) is 39.3 Å². The number of aliphatic hydroxyl groups excluding tert-OH is 1. The highest BCUT2D eigenvalue weighted by molar-refractivity contribution is 5.35. The molecule has 2 heterocycles. The van der Waals surface area contributed by atoms with Crippen LogP contribution in [0.2, 0.25) is 0 Å². The summed E-state index contributed by atoms with van der Waals surface area (Å²) in [5.41, 5.74) is 0.664. The van der Waals surface area contributed by atoms with Crippen LogP contribution in [0, 0.1) is 16.0 Å². The van der Waals surface area contributed by atoms with E-state index in [0.29, 0.717) is 18.0 Å². The molecule has 1 aromatic carbocycles. The van der Waals surface area contributed by atoms with Gasteiger partial charge in [-0.1, -0.05) is 12.1 Å². The zero-order valence-corrected chi connectivity index (χ0v) is 13.4. The van der Waals surface area contributed by atoms with E-state index < -0.39 is 11.0 Å². The van der Waals surface area contributed by atoms with Gasteiger partial charge in [0.05, 0.1) is 11.0 Å². The summed E-state index contributed by atoms with van der Waals surface area (Å²) in [7, 11) is 0. The maximum atomic E-state index is 10.8. The Bertz CT molecular complexity index is 546. The Kier molecular flexibility index (Phi) is 5.25. The molecule has 6 nitrogen and oxygen atoms in total. The van der Waals surface area contributed by atoms with Gasteiger partial charge in [-0.3, -0.25) is 10.1 Å². The third-order valence-corrected chi connectivity index (χ3v) is 4.98. The summed E-state index contributed by atoms with van der Waals surface area (Å²) in [6.07, 6.45) is 3.16. The number of hydrogen-bond donors (Lipinski definition) is 1. The normalized spacial score (nSPS) is 24.1. The van der Waals surface area contributed by atoms with E-state index in [2.05, 4.69) is 9.80 Å². The molecule has 1 aromatic rings. The molecule has 2 fully saturated rings. The first-order valence-corrected chi connectivity index (χ1v) is 8.49. The molecular formula is C17H25N3O3. The molecule has 0 aliphatic carbocycles. The van der Waals surface area contributed by atoms with Crippen molar-refractivity contribution in [3.63, 3.8) is 0 Å². The standard InChI is InChI=1S/C17H25N3O3/c21-17(15-4-3-5-16(10-15)20(22)23)13-19-9-6-14(12-19)11-18-7-1-2-8-18/h3-5,10,14,17,21H,1-2,6-9,11-13H2. The number of hydrogen-bond acceptors (Lipinski definition) is 5. The molecule has 2 aliphatic heterocycles. The first kappa shape index (κ1) is 16.4. The van der Waals surface area contributed by atoms with Gasteiger partial charge in [-0.05, 0) is 50.4 Å². The Hall–Kier alpha value is -1.50. The lowest BCUT2D eigenvalue weighted by Gasteiger charge is -2.22. The maximum absolute atomic E-state index is 10.8. The second-order valence-electron chi connectivity index (χ2n) is 6.79. The number of non-ortho nitro benzene ring substituents is 1. The Labute approximate surface area is 136 Å². The molecule has 2 aliphatic rings. The quantitative estimate of drug-likeness (QED) is 0.642. The van der Waals surface area contributed by atoms with Crippen LogP contribution in [0.1, 0.15) is 30.9 Å². The van der Waals surface area contributed by atoms with Gasteiger partial charge in [0, 0.05) is 31.8 Å². The average molecular weight is 319 g/mol. The number of nitrogens with zero attached hydrogens (tertiary/aromatic N) is 3. The van der Waals surface area contributed by atoms with Crippen LogP contribution in [-0.4, -0.2) is 59.1 Å². The first-order valence-electron chi connectivity index (χ1n) is 8.49. The highest BCUT2D eigenvalue weighted by Gasteiger charge is 2.27. The van der Waals surface area contributed by atoms with E-state index in [9.17, 15) is 15.2 Å². The predicted molar refractivity (Wildman–Crippen MR) is 88.3 cm³/mol. The van der Waals surface area contributed by atoms with Crippen molar-refractivity contribution in [2.45, 2.75) is 25.4 Å². The van der Waals surface area contributed by atoms with Crippen molar-refractivity contribution in [1.29, 1.82) is 0 Å². The molecular weight excluding hydrogens is 294 g/mol. The number of aliphatic hydroxyl groups is 1. The van der Waals surface area contributed by atoms with Gasteiger partial charge in [-0.15, -0.1) is 0 Å². The summed E-state index contributed by atoms with van der Waals surface area (Å²) in [5.74, 6) is 0.686. The molecule has 1 N–H and O–H groups in total. The van der Waals surface area contributed by atoms with Crippen LogP contribution in [0.15, 0.2) is 24.3 Å². The summed E-state index contributed by atoms with van der Waals surface area (Å²) in [6.45, 7) is 6.20. The van der Waals surface area contributed by atoms with Gasteiger partial charge < -0.3 is 14.9 Å². The smallest absolute Gasteiger partial charge is 0.269 e. The molecule has 0 aromatic heterocycles. The van der Waals surface area contributed by atoms with Crippen LogP contribution in [0.5, 0.6) is 0 Å². The van der Waals surface area contributed by atoms with Crippen molar-refractivity contribution >= 4 is 5.69 Å². The topological polar surface area (TPSA) is 69.8 Å². The van der Waals surface area contributed by atoms with Crippen LogP contribution in [0.3, 0.4) is 0 Å². The minimum atomic E-state index is -0.666. The lowest BCUT2D eigenvalue weighted by molar-refractivity contribution is -0.385. The van der Waals surface area contributed by atoms with E-state index in [4.69, 9.17) is 0 Å². The molecule has 126 valence electrons. The van der Waals surface area contributed by atoms with Gasteiger partial charge in [-0.2, -0.15) is 0 Å². The summed E-state index contributed by atoms with van der Waals surface area (Å²) in [5, 5.41) is 21.2. The van der Waals surface area contributed by atoms with E-state index in [0.717, 1.165) is 13.1 Å². The molecule has 23 heavy (non-hydrogen) atoms.